The highest BCUT2D eigenvalue weighted by molar-refractivity contribution is 7.89. The highest BCUT2D eigenvalue weighted by Crippen LogP contribution is 2.21. The first-order valence-corrected chi connectivity index (χ1v) is 10.9. The number of pyridine rings is 1. The summed E-state index contributed by atoms with van der Waals surface area (Å²) in [5.41, 5.74) is 1.84. The molecular formula is C22H25N3O3S. The van der Waals surface area contributed by atoms with E-state index in [9.17, 15) is 8.42 Å². The Hall–Kier alpha value is -2.74. The molecule has 0 aliphatic heterocycles. The monoisotopic (exact) mass is 411 g/mol. The van der Waals surface area contributed by atoms with Crippen LogP contribution in [0.4, 0.5) is 5.82 Å². The van der Waals surface area contributed by atoms with E-state index in [2.05, 4.69) is 10.3 Å². The third-order valence-electron chi connectivity index (χ3n) is 4.42. The molecule has 0 radical (unpaired) electrons. The Morgan fingerprint density at radius 2 is 1.45 bits per heavy atom. The first-order chi connectivity index (χ1) is 14.1. The van der Waals surface area contributed by atoms with Crippen LogP contribution in [0.25, 0.3) is 0 Å². The highest BCUT2D eigenvalue weighted by Gasteiger charge is 2.25. The molecule has 2 aromatic carbocycles. The average molecular weight is 412 g/mol. The smallest absolute Gasteiger partial charge is 0.245 e. The average Bonchev–Trinajstić information content (AvgIpc) is 2.75. The molecule has 152 valence electrons. The Morgan fingerprint density at radius 1 is 0.862 bits per heavy atom. The molecule has 7 heteroatoms. The lowest BCUT2D eigenvalue weighted by atomic mass is 10.2. The molecule has 3 aromatic rings. The molecule has 1 heterocycles. The van der Waals surface area contributed by atoms with Crippen LogP contribution in [0.1, 0.15) is 17.5 Å². The summed E-state index contributed by atoms with van der Waals surface area (Å²) in [6.45, 7) is 1.21. The Bertz CT molecular complexity index is 937. The van der Waals surface area contributed by atoms with E-state index in [0.717, 1.165) is 11.1 Å². The molecule has 0 saturated carbocycles. The lowest BCUT2D eigenvalue weighted by molar-refractivity contribution is 0.292. The molecule has 1 aromatic heterocycles. The summed E-state index contributed by atoms with van der Waals surface area (Å²) in [6, 6.07) is 22.3. The molecule has 2 N–H and O–H groups in total. The number of rotatable bonds is 10. The predicted octanol–water partition coefficient (Wildman–Crippen LogP) is 3.27. The number of aromatic nitrogens is 1. The van der Waals surface area contributed by atoms with E-state index in [0.29, 0.717) is 18.8 Å². The molecule has 3 rings (SSSR count). The van der Waals surface area contributed by atoms with Crippen molar-refractivity contribution in [1.29, 1.82) is 0 Å². The molecule has 0 amide bonds. The topological polar surface area (TPSA) is 82.5 Å². The summed E-state index contributed by atoms with van der Waals surface area (Å²) >= 11 is 0. The number of anilines is 1. The molecule has 0 bridgehead atoms. The number of nitrogens with one attached hydrogen (secondary N) is 1. The van der Waals surface area contributed by atoms with Gasteiger partial charge in [-0.05, 0) is 29.7 Å². The second-order valence-corrected chi connectivity index (χ2v) is 8.57. The van der Waals surface area contributed by atoms with Crippen molar-refractivity contribution in [2.75, 3.05) is 18.5 Å². The molecule has 0 spiro atoms. The summed E-state index contributed by atoms with van der Waals surface area (Å²) in [7, 11) is -3.74. The molecule has 0 unspecified atom stereocenters. The molecule has 0 atom stereocenters. The normalized spacial score (nSPS) is 11.5. The van der Waals surface area contributed by atoms with Gasteiger partial charge in [-0.25, -0.2) is 13.4 Å². The van der Waals surface area contributed by atoms with E-state index in [4.69, 9.17) is 5.11 Å². The second-order valence-electron chi connectivity index (χ2n) is 6.63. The SMILES string of the molecule is O=S(=O)(c1ccc(NCCCO)nc1)N(Cc1ccccc1)Cc1ccccc1. The van der Waals surface area contributed by atoms with Crippen LogP contribution >= 0.6 is 0 Å². The summed E-state index contributed by atoms with van der Waals surface area (Å²) in [4.78, 5) is 4.36. The largest absolute Gasteiger partial charge is 0.396 e. The van der Waals surface area contributed by atoms with E-state index < -0.39 is 10.0 Å². The summed E-state index contributed by atoms with van der Waals surface area (Å²) < 4.78 is 28.2. The van der Waals surface area contributed by atoms with Crippen LogP contribution in [-0.2, 0) is 23.1 Å². The minimum atomic E-state index is -3.74. The Morgan fingerprint density at radius 3 is 1.93 bits per heavy atom. The first kappa shape index (κ1) is 21.0. The Labute approximate surface area is 171 Å². The van der Waals surface area contributed by atoms with Gasteiger partial charge in [0.25, 0.3) is 0 Å². The maximum Gasteiger partial charge on any atom is 0.245 e. The third kappa shape index (κ3) is 5.87. The molecule has 0 aliphatic rings. The molecule has 0 aliphatic carbocycles. The zero-order valence-corrected chi connectivity index (χ0v) is 16.9. The van der Waals surface area contributed by atoms with Gasteiger partial charge in [0, 0.05) is 32.4 Å². The fraction of sp³-hybridized carbons (Fsp3) is 0.227. The molecule has 6 nitrogen and oxygen atoms in total. The van der Waals surface area contributed by atoms with Gasteiger partial charge in [-0.1, -0.05) is 60.7 Å². The standard InChI is InChI=1S/C22H25N3O3S/c26-15-7-14-23-22-13-12-21(16-24-22)29(27,28)25(17-19-8-3-1-4-9-19)18-20-10-5-2-6-11-20/h1-6,8-13,16,26H,7,14-15,17-18H2,(H,23,24). The molecule has 0 saturated heterocycles. The summed E-state index contributed by atoms with van der Waals surface area (Å²) in [5.74, 6) is 0.579. The van der Waals surface area contributed by atoms with Crippen LogP contribution in [0.3, 0.4) is 0 Å². The Balaban J connectivity index is 1.84. The fourth-order valence-corrected chi connectivity index (χ4v) is 4.24. The van der Waals surface area contributed by atoms with Crippen molar-refractivity contribution in [3.8, 4) is 0 Å². The van der Waals surface area contributed by atoms with Crippen molar-refractivity contribution in [3.05, 3.63) is 90.1 Å². The van der Waals surface area contributed by atoms with Gasteiger partial charge in [-0.15, -0.1) is 0 Å². The number of benzene rings is 2. The maximum absolute atomic E-state index is 13.3. The van der Waals surface area contributed by atoms with Crippen molar-refractivity contribution >= 4 is 15.8 Å². The molecular weight excluding hydrogens is 386 g/mol. The van der Waals surface area contributed by atoms with Gasteiger partial charge < -0.3 is 10.4 Å². The van der Waals surface area contributed by atoms with Crippen molar-refractivity contribution in [3.63, 3.8) is 0 Å². The third-order valence-corrected chi connectivity index (χ3v) is 6.19. The van der Waals surface area contributed by atoms with E-state index in [1.165, 1.54) is 10.5 Å². The van der Waals surface area contributed by atoms with Crippen molar-refractivity contribution in [2.24, 2.45) is 0 Å². The number of nitrogens with zero attached hydrogens (tertiary/aromatic N) is 2. The lowest BCUT2D eigenvalue weighted by Crippen LogP contribution is -2.30. The number of hydrogen-bond donors (Lipinski definition) is 2. The van der Waals surface area contributed by atoms with Gasteiger partial charge in [0.1, 0.15) is 10.7 Å². The summed E-state index contributed by atoms with van der Waals surface area (Å²) in [5, 5.41) is 11.9. The number of aliphatic hydroxyl groups excluding tert-OH is 1. The van der Waals surface area contributed by atoms with Gasteiger partial charge in [0.15, 0.2) is 0 Å². The van der Waals surface area contributed by atoms with E-state index in [-0.39, 0.29) is 24.6 Å². The van der Waals surface area contributed by atoms with E-state index in [1.807, 2.05) is 60.7 Å². The maximum atomic E-state index is 13.3. The predicted molar refractivity (Wildman–Crippen MR) is 114 cm³/mol. The van der Waals surface area contributed by atoms with Crippen LogP contribution in [0.2, 0.25) is 0 Å². The van der Waals surface area contributed by atoms with Crippen molar-refractivity contribution in [1.82, 2.24) is 9.29 Å². The zero-order chi connectivity index (χ0) is 20.5. The van der Waals surface area contributed by atoms with Crippen LogP contribution in [0, 0.1) is 0 Å². The summed E-state index contributed by atoms with van der Waals surface area (Å²) in [6.07, 6.45) is 1.98. The number of sulfonamides is 1. The van der Waals surface area contributed by atoms with Crippen LogP contribution in [0.5, 0.6) is 0 Å². The minimum absolute atomic E-state index is 0.0907. The van der Waals surface area contributed by atoms with Crippen LogP contribution < -0.4 is 5.32 Å². The van der Waals surface area contributed by atoms with Gasteiger partial charge in [-0.3, -0.25) is 0 Å². The van der Waals surface area contributed by atoms with Gasteiger partial charge in [-0.2, -0.15) is 4.31 Å². The molecule has 29 heavy (non-hydrogen) atoms. The van der Waals surface area contributed by atoms with Crippen molar-refractivity contribution in [2.45, 2.75) is 24.4 Å². The van der Waals surface area contributed by atoms with Crippen LogP contribution in [-0.4, -0.2) is 36.0 Å². The van der Waals surface area contributed by atoms with Gasteiger partial charge >= 0.3 is 0 Å². The number of hydrogen-bond acceptors (Lipinski definition) is 5. The minimum Gasteiger partial charge on any atom is -0.396 e. The highest BCUT2D eigenvalue weighted by atomic mass is 32.2. The first-order valence-electron chi connectivity index (χ1n) is 9.48. The lowest BCUT2D eigenvalue weighted by Gasteiger charge is -2.22. The van der Waals surface area contributed by atoms with Crippen molar-refractivity contribution < 1.29 is 13.5 Å². The van der Waals surface area contributed by atoms with E-state index in [1.54, 1.807) is 12.1 Å². The number of aliphatic hydroxyl groups is 1. The second kappa shape index (κ2) is 10.2. The fourth-order valence-electron chi connectivity index (χ4n) is 2.88. The van der Waals surface area contributed by atoms with E-state index >= 15 is 0 Å². The Kier molecular flexibility index (Phi) is 7.35. The van der Waals surface area contributed by atoms with Gasteiger partial charge in [0.05, 0.1) is 0 Å². The van der Waals surface area contributed by atoms with Crippen LogP contribution in [0.15, 0.2) is 83.9 Å². The van der Waals surface area contributed by atoms with Gasteiger partial charge in [0.2, 0.25) is 10.0 Å². The zero-order valence-electron chi connectivity index (χ0n) is 16.1. The quantitative estimate of drug-likeness (QED) is 0.501. The molecule has 0 fully saturated rings.